The van der Waals surface area contributed by atoms with E-state index in [0.717, 1.165) is 12.0 Å². The van der Waals surface area contributed by atoms with E-state index in [9.17, 15) is 4.79 Å². The first-order valence-electron chi connectivity index (χ1n) is 6.02. The third-order valence-electron chi connectivity index (χ3n) is 2.87. The monoisotopic (exact) mass is 236 g/mol. The summed E-state index contributed by atoms with van der Waals surface area (Å²) in [7, 11) is 0. The van der Waals surface area contributed by atoms with Crippen molar-refractivity contribution < 1.29 is 14.6 Å². The number of benzene rings is 1. The third-order valence-corrected chi connectivity index (χ3v) is 2.87. The van der Waals surface area contributed by atoms with Crippen LogP contribution < -0.4 is 4.74 Å². The molecule has 0 aliphatic rings. The summed E-state index contributed by atoms with van der Waals surface area (Å²) in [6, 6.07) is 7.46. The Hall–Kier alpha value is -1.35. The molecule has 1 unspecified atom stereocenters. The summed E-state index contributed by atoms with van der Waals surface area (Å²) in [6.07, 6.45) is 1.49. The highest BCUT2D eigenvalue weighted by Crippen LogP contribution is 2.13. The van der Waals surface area contributed by atoms with Crippen LogP contribution in [0, 0.1) is 5.92 Å². The highest BCUT2D eigenvalue weighted by atomic mass is 16.5. The van der Waals surface area contributed by atoms with E-state index in [1.807, 2.05) is 38.1 Å². The largest absolute Gasteiger partial charge is 0.486 e. The number of carbonyl (C=O) groups excluding carboxylic acids is 1. The molecular weight excluding hydrogens is 216 g/mol. The van der Waals surface area contributed by atoms with Gasteiger partial charge in [-0.15, -0.1) is 0 Å². The van der Waals surface area contributed by atoms with Crippen molar-refractivity contribution >= 4 is 5.78 Å². The molecule has 0 fully saturated rings. The van der Waals surface area contributed by atoms with E-state index in [0.29, 0.717) is 12.2 Å². The second-order valence-corrected chi connectivity index (χ2v) is 4.18. The van der Waals surface area contributed by atoms with Gasteiger partial charge in [-0.1, -0.05) is 26.0 Å². The summed E-state index contributed by atoms with van der Waals surface area (Å²) in [5.41, 5.74) is 1.06. The van der Waals surface area contributed by atoms with Gasteiger partial charge in [0.05, 0.1) is 0 Å². The Morgan fingerprint density at radius 3 is 2.53 bits per heavy atom. The van der Waals surface area contributed by atoms with Gasteiger partial charge in [0, 0.05) is 12.5 Å². The first-order chi connectivity index (χ1) is 8.17. The van der Waals surface area contributed by atoms with Crippen LogP contribution in [0.3, 0.4) is 0 Å². The van der Waals surface area contributed by atoms with Crippen LogP contribution in [0.2, 0.25) is 0 Å². The summed E-state index contributed by atoms with van der Waals surface area (Å²) < 4.78 is 5.41. The quantitative estimate of drug-likeness (QED) is 0.789. The van der Waals surface area contributed by atoms with Crippen LogP contribution in [0.15, 0.2) is 24.3 Å². The summed E-state index contributed by atoms with van der Waals surface area (Å²) in [5.74, 6) is 0.888. The maximum atomic E-state index is 11.6. The molecule has 0 radical (unpaired) electrons. The molecule has 0 heterocycles. The number of hydrogen-bond donors (Lipinski definition) is 1. The first-order valence-corrected chi connectivity index (χ1v) is 6.02. The average Bonchev–Trinajstić information content (AvgIpc) is 2.37. The number of aliphatic hydroxyl groups excluding tert-OH is 1. The van der Waals surface area contributed by atoms with Crippen molar-refractivity contribution in [2.75, 3.05) is 13.2 Å². The highest BCUT2D eigenvalue weighted by molar-refractivity contribution is 5.82. The van der Waals surface area contributed by atoms with Gasteiger partial charge >= 0.3 is 0 Å². The lowest BCUT2D eigenvalue weighted by molar-refractivity contribution is -0.124. The minimum atomic E-state index is 0.0589. The number of aliphatic hydroxyl groups is 1. The van der Waals surface area contributed by atoms with E-state index < -0.39 is 0 Å². The van der Waals surface area contributed by atoms with Crippen molar-refractivity contribution in [1.82, 2.24) is 0 Å². The minimum Gasteiger partial charge on any atom is -0.486 e. The Morgan fingerprint density at radius 2 is 2.00 bits per heavy atom. The zero-order chi connectivity index (χ0) is 12.7. The minimum absolute atomic E-state index is 0.0589. The topological polar surface area (TPSA) is 46.5 Å². The van der Waals surface area contributed by atoms with Crippen molar-refractivity contribution in [1.29, 1.82) is 0 Å². The Labute approximate surface area is 102 Å². The summed E-state index contributed by atoms with van der Waals surface area (Å²) in [6.45, 7) is 4.18. The van der Waals surface area contributed by atoms with Gasteiger partial charge in [-0.05, 0) is 30.5 Å². The molecule has 1 aromatic carbocycles. The van der Waals surface area contributed by atoms with Gasteiger partial charge in [0.2, 0.25) is 0 Å². The standard InChI is InChI=1S/C14H20O3/c1-3-11(2)14(16)10-17-13-6-4-12(5-7-13)8-9-15/h4-7,11,15H,3,8-10H2,1-2H3. The number of ketones is 1. The maximum Gasteiger partial charge on any atom is 0.172 e. The molecule has 0 aromatic heterocycles. The van der Waals surface area contributed by atoms with Gasteiger partial charge in [0.25, 0.3) is 0 Å². The molecule has 94 valence electrons. The van der Waals surface area contributed by atoms with Crippen LogP contribution >= 0.6 is 0 Å². The van der Waals surface area contributed by atoms with Gasteiger partial charge in [-0.3, -0.25) is 4.79 Å². The fourth-order valence-electron chi connectivity index (χ4n) is 1.41. The van der Waals surface area contributed by atoms with Gasteiger partial charge < -0.3 is 9.84 Å². The molecular formula is C14H20O3. The van der Waals surface area contributed by atoms with Crippen molar-refractivity contribution in [3.63, 3.8) is 0 Å². The van der Waals surface area contributed by atoms with E-state index in [-0.39, 0.29) is 24.9 Å². The molecule has 1 atom stereocenters. The van der Waals surface area contributed by atoms with Crippen LogP contribution in [0.4, 0.5) is 0 Å². The molecule has 0 bridgehead atoms. The first kappa shape index (κ1) is 13.7. The van der Waals surface area contributed by atoms with Crippen LogP contribution in [0.1, 0.15) is 25.8 Å². The normalized spacial score (nSPS) is 12.2. The van der Waals surface area contributed by atoms with Gasteiger partial charge in [0.15, 0.2) is 5.78 Å². The molecule has 1 aromatic rings. The fourth-order valence-corrected chi connectivity index (χ4v) is 1.41. The summed E-state index contributed by atoms with van der Waals surface area (Å²) >= 11 is 0. The highest BCUT2D eigenvalue weighted by Gasteiger charge is 2.10. The molecule has 0 aliphatic carbocycles. The average molecular weight is 236 g/mol. The van der Waals surface area contributed by atoms with E-state index in [1.165, 1.54) is 0 Å². The molecule has 0 amide bonds. The number of hydrogen-bond acceptors (Lipinski definition) is 3. The molecule has 17 heavy (non-hydrogen) atoms. The predicted octanol–water partition coefficient (Wildman–Crippen LogP) is 2.22. The van der Waals surface area contributed by atoms with E-state index in [4.69, 9.17) is 9.84 Å². The Kier molecular flexibility index (Phi) is 5.70. The van der Waals surface area contributed by atoms with E-state index in [1.54, 1.807) is 0 Å². The van der Waals surface area contributed by atoms with Gasteiger partial charge in [-0.25, -0.2) is 0 Å². The Balaban J connectivity index is 2.44. The zero-order valence-electron chi connectivity index (χ0n) is 10.5. The lowest BCUT2D eigenvalue weighted by atomic mass is 10.0. The molecule has 0 aliphatic heterocycles. The Bertz CT molecular complexity index is 343. The second-order valence-electron chi connectivity index (χ2n) is 4.18. The number of Topliss-reactive ketones (excluding diaryl/α,β-unsaturated/α-hetero) is 1. The molecule has 0 spiro atoms. The summed E-state index contributed by atoms with van der Waals surface area (Å²) in [4.78, 5) is 11.6. The number of rotatable bonds is 7. The van der Waals surface area contributed by atoms with Gasteiger partial charge in [0.1, 0.15) is 12.4 Å². The molecule has 3 heteroatoms. The predicted molar refractivity (Wildman–Crippen MR) is 67.2 cm³/mol. The number of carbonyl (C=O) groups is 1. The molecule has 0 saturated heterocycles. The van der Waals surface area contributed by atoms with E-state index >= 15 is 0 Å². The van der Waals surface area contributed by atoms with E-state index in [2.05, 4.69) is 0 Å². The smallest absolute Gasteiger partial charge is 0.172 e. The van der Waals surface area contributed by atoms with Crippen molar-refractivity contribution in [2.24, 2.45) is 5.92 Å². The summed E-state index contributed by atoms with van der Waals surface area (Å²) in [5, 5.41) is 8.78. The van der Waals surface area contributed by atoms with Crippen molar-refractivity contribution in [3.05, 3.63) is 29.8 Å². The zero-order valence-corrected chi connectivity index (χ0v) is 10.5. The Morgan fingerprint density at radius 1 is 1.35 bits per heavy atom. The lowest BCUT2D eigenvalue weighted by Gasteiger charge is -2.09. The molecule has 1 rings (SSSR count). The fraction of sp³-hybridized carbons (Fsp3) is 0.500. The molecule has 3 nitrogen and oxygen atoms in total. The number of ether oxygens (including phenoxy) is 1. The van der Waals surface area contributed by atoms with Crippen LogP contribution in [0.25, 0.3) is 0 Å². The SMILES string of the molecule is CCC(C)C(=O)COc1ccc(CCO)cc1. The van der Waals surface area contributed by atoms with Crippen molar-refractivity contribution in [2.45, 2.75) is 26.7 Å². The maximum absolute atomic E-state index is 11.6. The molecule has 0 saturated carbocycles. The molecule has 1 N–H and O–H groups in total. The second kappa shape index (κ2) is 7.07. The van der Waals surface area contributed by atoms with Crippen LogP contribution in [0.5, 0.6) is 5.75 Å². The van der Waals surface area contributed by atoms with Crippen molar-refractivity contribution in [3.8, 4) is 5.75 Å². The van der Waals surface area contributed by atoms with Crippen LogP contribution in [-0.2, 0) is 11.2 Å². The lowest BCUT2D eigenvalue weighted by Crippen LogP contribution is -2.18. The van der Waals surface area contributed by atoms with Crippen LogP contribution in [-0.4, -0.2) is 24.1 Å². The third kappa shape index (κ3) is 4.57. The van der Waals surface area contributed by atoms with Gasteiger partial charge in [-0.2, -0.15) is 0 Å².